The van der Waals surface area contributed by atoms with E-state index < -0.39 is 17.0 Å². The molecule has 1 spiro atoms. The molecule has 0 radical (unpaired) electrons. The SMILES string of the molecule is CN(C)C1CN(C(=N)NC(=O)c2cccc(NC3=NCC45CC=C(c6c(F)cccc6F)N=C(Cl)C4=CC=CC5=N3)c2)C1. The molecule has 1 aliphatic carbocycles. The van der Waals surface area contributed by atoms with Gasteiger partial charge in [-0.15, -0.1) is 0 Å². The van der Waals surface area contributed by atoms with Crippen LogP contribution in [0.25, 0.3) is 5.70 Å². The number of hydrogen-bond donors (Lipinski definition) is 3. The Morgan fingerprint density at radius 3 is 2.63 bits per heavy atom. The van der Waals surface area contributed by atoms with Crippen molar-refractivity contribution < 1.29 is 13.6 Å². The van der Waals surface area contributed by atoms with Crippen molar-refractivity contribution in [1.29, 1.82) is 5.41 Å². The fraction of sp³-hybridized carbons (Fsp3) is 0.258. The summed E-state index contributed by atoms with van der Waals surface area (Å²) in [6.45, 7) is 1.64. The number of aliphatic imine (C=N–C) groups is 3. The fourth-order valence-corrected chi connectivity index (χ4v) is 5.78. The third-order valence-corrected chi connectivity index (χ3v) is 8.36. The van der Waals surface area contributed by atoms with Gasteiger partial charge in [0.2, 0.25) is 5.96 Å². The van der Waals surface area contributed by atoms with Crippen LogP contribution in [0.1, 0.15) is 22.3 Å². The lowest BCUT2D eigenvalue weighted by Gasteiger charge is -2.43. The van der Waals surface area contributed by atoms with Gasteiger partial charge in [-0.1, -0.05) is 42.0 Å². The maximum absolute atomic E-state index is 14.6. The molecule has 0 bridgehead atoms. The molecule has 12 heteroatoms. The highest BCUT2D eigenvalue weighted by atomic mass is 35.5. The van der Waals surface area contributed by atoms with E-state index in [1.54, 1.807) is 36.4 Å². The van der Waals surface area contributed by atoms with Gasteiger partial charge in [0.15, 0.2) is 5.96 Å². The van der Waals surface area contributed by atoms with Gasteiger partial charge in [-0.05, 0) is 56.9 Å². The Labute approximate surface area is 252 Å². The molecule has 1 saturated heterocycles. The minimum absolute atomic E-state index is 0.0725. The minimum atomic E-state index is -0.755. The van der Waals surface area contributed by atoms with Gasteiger partial charge in [0.25, 0.3) is 5.91 Å². The summed E-state index contributed by atoms with van der Waals surface area (Å²) in [5.74, 6) is -1.41. The van der Waals surface area contributed by atoms with Crippen LogP contribution in [-0.4, -0.2) is 78.3 Å². The highest BCUT2D eigenvalue weighted by Crippen LogP contribution is 2.44. The highest BCUT2D eigenvalue weighted by Gasteiger charge is 2.44. The summed E-state index contributed by atoms with van der Waals surface area (Å²) in [5, 5.41) is 14.2. The maximum atomic E-state index is 14.6. The molecule has 0 saturated carbocycles. The number of allylic oxidation sites excluding steroid dienone is 4. The van der Waals surface area contributed by atoms with E-state index in [2.05, 4.69) is 25.5 Å². The molecule has 9 nitrogen and oxygen atoms in total. The van der Waals surface area contributed by atoms with Gasteiger partial charge in [-0.3, -0.25) is 15.5 Å². The molecule has 220 valence electrons. The zero-order valence-electron chi connectivity index (χ0n) is 23.5. The Balaban J connectivity index is 1.18. The first-order valence-corrected chi connectivity index (χ1v) is 14.1. The number of anilines is 1. The fourth-order valence-electron chi connectivity index (χ4n) is 5.45. The number of carbonyl (C=O) groups excluding carboxylic acids is 1. The summed E-state index contributed by atoms with van der Waals surface area (Å²) in [5.41, 5.74) is 1.46. The van der Waals surface area contributed by atoms with Gasteiger partial charge in [0, 0.05) is 36.0 Å². The average molecular weight is 603 g/mol. The van der Waals surface area contributed by atoms with E-state index >= 15 is 0 Å². The smallest absolute Gasteiger partial charge is 0.258 e. The molecular formula is C31H29ClF2N8O. The van der Waals surface area contributed by atoms with Crippen LogP contribution < -0.4 is 10.6 Å². The quantitative estimate of drug-likeness (QED) is 0.349. The molecule has 3 aliphatic heterocycles. The number of carbonyl (C=O) groups is 1. The predicted molar refractivity (Wildman–Crippen MR) is 166 cm³/mol. The predicted octanol–water partition coefficient (Wildman–Crippen LogP) is 4.66. The normalized spacial score (nSPS) is 21.3. The lowest BCUT2D eigenvalue weighted by atomic mass is 9.70. The second-order valence-electron chi connectivity index (χ2n) is 11.0. The van der Waals surface area contributed by atoms with Crippen LogP contribution in [0.4, 0.5) is 14.5 Å². The molecule has 3 N–H and O–H groups in total. The summed E-state index contributed by atoms with van der Waals surface area (Å²) in [6, 6.07) is 10.9. The van der Waals surface area contributed by atoms with Gasteiger partial charge in [0.05, 0.1) is 28.9 Å². The molecule has 3 heterocycles. The van der Waals surface area contributed by atoms with Crippen molar-refractivity contribution >= 4 is 51.7 Å². The number of benzene rings is 2. The van der Waals surface area contributed by atoms with Crippen molar-refractivity contribution in [1.82, 2.24) is 15.1 Å². The topological polar surface area (TPSA) is 109 Å². The van der Waals surface area contributed by atoms with Crippen LogP contribution in [0.2, 0.25) is 0 Å². The van der Waals surface area contributed by atoms with Crippen LogP contribution in [-0.2, 0) is 0 Å². The minimum Gasteiger partial charge on any atom is -0.340 e. The summed E-state index contributed by atoms with van der Waals surface area (Å²) in [7, 11) is 3.99. The Morgan fingerprint density at radius 2 is 1.88 bits per heavy atom. The van der Waals surface area contributed by atoms with E-state index in [-0.39, 0.29) is 34.8 Å². The van der Waals surface area contributed by atoms with Crippen LogP contribution >= 0.6 is 11.6 Å². The molecule has 1 fully saturated rings. The molecule has 1 atom stereocenters. The van der Waals surface area contributed by atoms with Crippen molar-refractivity contribution in [2.45, 2.75) is 12.5 Å². The summed E-state index contributed by atoms with van der Waals surface area (Å²) < 4.78 is 29.2. The van der Waals surface area contributed by atoms with Crippen LogP contribution in [0.5, 0.6) is 0 Å². The van der Waals surface area contributed by atoms with Crippen molar-refractivity contribution in [3.8, 4) is 0 Å². The Bertz CT molecular complexity index is 1680. The lowest BCUT2D eigenvalue weighted by Crippen LogP contribution is -2.62. The number of nitrogens with one attached hydrogen (secondary N) is 3. The third kappa shape index (κ3) is 5.41. The number of hydrogen-bond acceptors (Lipinski definition) is 7. The second kappa shape index (κ2) is 11.3. The van der Waals surface area contributed by atoms with Crippen molar-refractivity contribution in [2.75, 3.05) is 39.0 Å². The van der Waals surface area contributed by atoms with E-state index in [4.69, 9.17) is 22.0 Å². The van der Waals surface area contributed by atoms with Crippen LogP contribution in [0.15, 0.2) is 87.3 Å². The van der Waals surface area contributed by atoms with Gasteiger partial charge >= 0.3 is 0 Å². The molecule has 0 aromatic heterocycles. The molecule has 1 amide bonds. The van der Waals surface area contributed by atoms with E-state index in [1.165, 1.54) is 18.2 Å². The number of guanidine groups is 2. The highest BCUT2D eigenvalue weighted by molar-refractivity contribution is 6.70. The standard InChI is InChI=1S/C31H29ClF2N8O/c1-41(2)20-15-42(16-20)29(35)40-28(43)18-6-3-7-19(14-18)37-30-36-17-31-13-12-24(26-22(33)9-5-10-23(26)34)38-27(32)21(31)8-4-11-25(31)39-30/h3-12,14,20H,13,15-17H2,1-2H3,(H,36,37)(H2,35,40,43). The van der Waals surface area contributed by atoms with E-state index in [1.807, 2.05) is 31.1 Å². The summed E-state index contributed by atoms with van der Waals surface area (Å²) >= 11 is 6.65. The summed E-state index contributed by atoms with van der Waals surface area (Å²) in [6.07, 6.45) is 7.50. The van der Waals surface area contributed by atoms with E-state index in [9.17, 15) is 13.6 Å². The molecule has 43 heavy (non-hydrogen) atoms. The number of halogens is 3. The maximum Gasteiger partial charge on any atom is 0.258 e. The number of rotatable bonds is 4. The first kappa shape index (κ1) is 28.6. The number of amides is 1. The molecule has 4 aliphatic rings. The average Bonchev–Trinajstić information content (AvgIpc) is 3.08. The third-order valence-electron chi connectivity index (χ3n) is 8.07. The van der Waals surface area contributed by atoms with Crippen molar-refractivity contribution in [3.05, 3.63) is 95.1 Å². The molecule has 1 unspecified atom stereocenters. The van der Waals surface area contributed by atoms with Gasteiger partial charge in [0.1, 0.15) is 16.8 Å². The zero-order valence-corrected chi connectivity index (χ0v) is 24.3. The van der Waals surface area contributed by atoms with E-state index in [0.29, 0.717) is 54.0 Å². The molecule has 2 aromatic carbocycles. The Hall–Kier alpha value is -4.48. The Kier molecular flexibility index (Phi) is 7.53. The van der Waals surface area contributed by atoms with Crippen LogP contribution in [0.3, 0.4) is 0 Å². The lowest BCUT2D eigenvalue weighted by molar-refractivity contribution is 0.0942. The summed E-state index contributed by atoms with van der Waals surface area (Å²) in [4.78, 5) is 30.6. The van der Waals surface area contributed by atoms with Gasteiger partial charge in [-0.25, -0.2) is 23.8 Å². The van der Waals surface area contributed by atoms with Gasteiger partial charge < -0.3 is 15.1 Å². The van der Waals surface area contributed by atoms with Crippen LogP contribution in [0, 0.1) is 22.5 Å². The second-order valence-corrected chi connectivity index (χ2v) is 11.3. The van der Waals surface area contributed by atoms with E-state index in [0.717, 1.165) is 0 Å². The monoisotopic (exact) mass is 602 g/mol. The zero-order chi connectivity index (χ0) is 30.3. The largest absolute Gasteiger partial charge is 0.340 e. The number of nitrogens with zero attached hydrogens (tertiary/aromatic N) is 5. The molecule has 2 aromatic rings. The first-order chi connectivity index (χ1) is 20.6. The van der Waals surface area contributed by atoms with Crippen molar-refractivity contribution in [2.24, 2.45) is 20.4 Å². The number of likely N-dealkylation sites (N-methyl/N-ethyl adjacent to an activating group) is 1. The Morgan fingerprint density at radius 1 is 1.14 bits per heavy atom. The molecular weight excluding hydrogens is 574 g/mol. The first-order valence-electron chi connectivity index (χ1n) is 13.7. The van der Waals surface area contributed by atoms with Gasteiger partial charge in [-0.2, -0.15) is 0 Å². The molecule has 6 rings (SSSR count). The number of likely N-dealkylation sites (tertiary alicyclic amines) is 1. The van der Waals surface area contributed by atoms with Crippen molar-refractivity contribution in [3.63, 3.8) is 0 Å².